The zero-order valence-corrected chi connectivity index (χ0v) is 90.4. The van der Waals surface area contributed by atoms with E-state index in [2.05, 4.69) is 65.4 Å². The monoisotopic (exact) mass is 1980 g/mol. The van der Waals surface area contributed by atoms with Crippen molar-refractivity contribution in [1.29, 1.82) is 0 Å². The summed E-state index contributed by atoms with van der Waals surface area (Å²) in [6, 6.07) is 29.6. The van der Waals surface area contributed by atoms with Gasteiger partial charge in [-0.1, -0.05) is 312 Å². The Morgan fingerprint density at radius 3 is 0.833 bits per heavy atom. The Morgan fingerprint density at radius 2 is 0.500 bits per heavy atom. The van der Waals surface area contributed by atoms with Gasteiger partial charge in [0.1, 0.15) is 69.0 Å². The van der Waals surface area contributed by atoms with Crippen LogP contribution in [0.5, 0.6) is 69.0 Å². The fourth-order valence-electron chi connectivity index (χ4n) is 18.3. The van der Waals surface area contributed by atoms with Crippen molar-refractivity contribution in [3.05, 3.63) is 160 Å². The molecular formula is C124H178N4O16. The highest BCUT2D eigenvalue weighted by molar-refractivity contribution is 6.01. The van der Waals surface area contributed by atoms with E-state index < -0.39 is 23.9 Å². The van der Waals surface area contributed by atoms with Gasteiger partial charge in [0.25, 0.3) is 0 Å². The molecule has 0 fully saturated rings. The first-order valence-corrected chi connectivity index (χ1v) is 56.4. The minimum atomic E-state index is -0.629. The highest BCUT2D eigenvalue weighted by Gasteiger charge is 2.25. The first-order valence-electron chi connectivity index (χ1n) is 56.4. The molecule has 4 aromatic carbocycles. The molecule has 0 amide bonds. The number of benzene rings is 4. The number of allylic oxidation sites excluding steroid dienone is 5. The lowest BCUT2D eigenvalue weighted by atomic mass is 10.00. The molecule has 0 saturated heterocycles. The van der Waals surface area contributed by atoms with Crippen LogP contribution in [-0.2, 0) is 25.6 Å². The topological polar surface area (TPSA) is 236 Å². The number of nitrogens with zero attached hydrogens (tertiary/aromatic N) is 2. The van der Waals surface area contributed by atoms with Crippen molar-refractivity contribution in [2.24, 2.45) is 0 Å². The van der Waals surface area contributed by atoms with Crippen LogP contribution in [0.15, 0.2) is 115 Å². The molecule has 2 aliphatic heterocycles. The maximum Gasteiger partial charge on any atom is 0.336 e. The molecule has 20 heteroatoms. The summed E-state index contributed by atoms with van der Waals surface area (Å²) in [5.74, 6) is 3.61. The van der Waals surface area contributed by atoms with Crippen LogP contribution in [-0.4, -0.2) is 96.7 Å². The fourth-order valence-corrected chi connectivity index (χ4v) is 18.3. The van der Waals surface area contributed by atoms with Crippen LogP contribution < -0.4 is 56.8 Å². The number of unbranched alkanes of at least 4 members (excludes halogenated alkanes) is 40. The summed E-state index contributed by atoms with van der Waals surface area (Å²) in [5, 5.41) is 0. The zero-order chi connectivity index (χ0) is 102. The number of carbonyl (C=O) groups is 4. The Kier molecular flexibility index (Phi) is 56.2. The quantitative estimate of drug-likeness (QED) is 0.0156. The van der Waals surface area contributed by atoms with Gasteiger partial charge in [-0.3, -0.25) is 9.59 Å². The van der Waals surface area contributed by atoms with Gasteiger partial charge in [-0.2, -0.15) is 0 Å². The lowest BCUT2D eigenvalue weighted by molar-refractivity contribution is -0.135. The van der Waals surface area contributed by atoms with Crippen LogP contribution in [0.4, 0.5) is 0 Å². The number of rotatable bonds is 78. The lowest BCUT2D eigenvalue weighted by Crippen LogP contribution is -2.10. The van der Waals surface area contributed by atoms with Gasteiger partial charge in [-0.05, 0) is 162 Å². The van der Waals surface area contributed by atoms with Crippen molar-refractivity contribution in [3.63, 3.8) is 0 Å². The van der Waals surface area contributed by atoms with Crippen molar-refractivity contribution in [2.45, 2.75) is 417 Å². The molecule has 5 heterocycles. The van der Waals surface area contributed by atoms with E-state index in [0.717, 1.165) is 188 Å². The van der Waals surface area contributed by atoms with Gasteiger partial charge in [0, 0.05) is 118 Å². The number of hydrogen-bond donors (Lipinski definition) is 2. The summed E-state index contributed by atoms with van der Waals surface area (Å²) in [5.41, 5.74) is 11.0. The number of hydrogen-bond acceptors (Lipinski definition) is 18. The summed E-state index contributed by atoms with van der Waals surface area (Å²) in [6.45, 7) is 30.0. The molecule has 8 bridgehead atoms. The normalized spacial score (nSPS) is 12.0. The average Bonchev–Trinajstić information content (AvgIpc) is 1.62. The van der Waals surface area contributed by atoms with Crippen LogP contribution in [0, 0.1) is 13.8 Å². The van der Waals surface area contributed by atoms with E-state index >= 15 is 0 Å². The predicted molar refractivity (Wildman–Crippen MR) is 590 cm³/mol. The van der Waals surface area contributed by atoms with Crippen LogP contribution in [0.25, 0.3) is 50.4 Å². The number of aromatic amines is 2. The average molecular weight is 1980 g/mol. The third-order valence-electron chi connectivity index (χ3n) is 27.0. The number of ether oxygens (including phenoxy) is 12. The van der Waals surface area contributed by atoms with E-state index in [1.54, 1.807) is 60.7 Å². The molecule has 0 radical (unpaired) electrons. The van der Waals surface area contributed by atoms with Crippen molar-refractivity contribution in [1.82, 2.24) is 19.9 Å². The molecule has 2 N–H and O–H groups in total. The Bertz CT molecular complexity index is 5140. The number of H-pyrrole nitrogens is 2. The highest BCUT2D eigenvalue weighted by atomic mass is 16.6. The van der Waals surface area contributed by atoms with E-state index in [1.807, 2.05) is 76.2 Å². The maximum absolute atomic E-state index is 14.8. The van der Waals surface area contributed by atoms with Gasteiger partial charge in [0.2, 0.25) is 0 Å². The maximum atomic E-state index is 14.8. The summed E-state index contributed by atoms with van der Waals surface area (Å²) in [4.78, 5) is 77.5. The third-order valence-corrected chi connectivity index (χ3v) is 27.0. The second-order valence-corrected chi connectivity index (χ2v) is 39.5. The van der Waals surface area contributed by atoms with Crippen LogP contribution in [0.1, 0.15) is 442 Å². The largest absolute Gasteiger partial charge is 0.493 e. The number of nitrogens with one attached hydrogen (secondary N) is 2. The molecule has 20 nitrogen and oxygen atoms in total. The Balaban J connectivity index is 1.16. The van der Waals surface area contributed by atoms with Crippen molar-refractivity contribution in [3.8, 4) is 69.0 Å². The molecule has 0 unspecified atom stereocenters. The number of carbonyl (C=O) groups excluding carboxylic acids is 4. The first kappa shape index (κ1) is 117. The van der Waals surface area contributed by atoms with E-state index in [4.69, 9.17) is 66.8 Å². The molecule has 3 aromatic heterocycles. The van der Waals surface area contributed by atoms with E-state index in [1.165, 1.54) is 166 Å². The Labute approximate surface area is 864 Å². The Hall–Kier alpha value is -10.8. The van der Waals surface area contributed by atoms with E-state index in [-0.39, 0.29) is 31.4 Å². The van der Waals surface area contributed by atoms with Crippen molar-refractivity contribution < 1.29 is 76.0 Å². The predicted octanol–water partition coefficient (Wildman–Crippen LogP) is 34.4. The van der Waals surface area contributed by atoms with Gasteiger partial charge in [0.15, 0.2) is 0 Å². The molecule has 2 aliphatic rings. The molecule has 144 heavy (non-hydrogen) atoms. The molecule has 9 rings (SSSR count). The van der Waals surface area contributed by atoms with Crippen LogP contribution in [0.2, 0.25) is 0 Å². The smallest absolute Gasteiger partial charge is 0.336 e. The zero-order valence-electron chi connectivity index (χ0n) is 90.4. The number of fused-ring (bicyclic) bond motifs is 8. The second kappa shape index (κ2) is 69.3. The van der Waals surface area contributed by atoms with Crippen LogP contribution >= 0.6 is 0 Å². The van der Waals surface area contributed by atoms with Crippen molar-refractivity contribution >= 4 is 74.3 Å². The van der Waals surface area contributed by atoms with Gasteiger partial charge >= 0.3 is 23.9 Å². The van der Waals surface area contributed by atoms with Gasteiger partial charge < -0.3 is 66.8 Å². The van der Waals surface area contributed by atoms with E-state index in [9.17, 15) is 19.2 Å². The molecule has 0 spiro atoms. The lowest BCUT2D eigenvalue weighted by Gasteiger charge is -2.13. The number of aromatic nitrogens is 4. The highest BCUT2D eigenvalue weighted by Crippen LogP contribution is 2.41. The summed E-state index contributed by atoms with van der Waals surface area (Å²) in [7, 11) is 0. The van der Waals surface area contributed by atoms with Gasteiger partial charge in [0.05, 0.1) is 88.5 Å². The SMILES string of the molecule is CCCCCCCCOc1cc(OCCCCCCCC)cc(OC(=O)/C=C/C2=C(C)c3cc4[nH]c(cc5nc(cc6[nH]c(cc2n3)c(C)c6/C=C/C(=O)Oc2cc(OCCCCCCCC)cc(OCCCCCCCC)c2)C(C)=C5CCC(=O)Oc2cc(OCCCCCCCC)cc(OCCCCCCCC)c2)c(CCC(=O)Oc2cc(OCCCCCCCC)cc(OCCCCCCCC)c2)c4C)c1. The van der Waals surface area contributed by atoms with Gasteiger partial charge in [-0.15, -0.1) is 0 Å². The van der Waals surface area contributed by atoms with Crippen molar-refractivity contribution in [2.75, 3.05) is 52.9 Å². The molecule has 7 aromatic rings. The first-order chi connectivity index (χ1) is 70.4. The summed E-state index contributed by atoms with van der Waals surface area (Å²) in [6.07, 6.45) is 60.3. The minimum Gasteiger partial charge on any atom is -0.493 e. The molecule has 790 valence electrons. The molecule has 0 atom stereocenters. The van der Waals surface area contributed by atoms with E-state index in [0.29, 0.717) is 172 Å². The third kappa shape index (κ3) is 43.9. The minimum absolute atomic E-state index is 0.0209. The second-order valence-electron chi connectivity index (χ2n) is 39.5. The molecule has 0 saturated carbocycles. The van der Waals surface area contributed by atoms with Gasteiger partial charge in [-0.25, -0.2) is 19.6 Å². The molecule has 0 aliphatic carbocycles. The fraction of sp³-hybridized carbons (Fsp3) is 0.581. The number of esters is 4. The number of aryl methyl sites for hydroxylation is 3. The molecular weight excluding hydrogens is 1800 g/mol. The standard InChI is InChI=1S/C124H178N4O16/c1-13-21-29-37-45-53-69-133-97-77-98(134-70-54-46-38-30-22-14-2)82-105(81-97)141-121(129)65-61-109-93(9)113-89-114-94(10)111(63-67-123(131)143-107-85-101(137-73-57-49-41-33-25-17-5)79-102(86-107)138-74-58-50-42-34-26-18-6)119(126-114)92-120-112(64-68-124(132)144-108-87-103(139-75-59-51-43-35-27-19-7)80-104(88-108)140-76-60-52-44-36-28-20-8)96(12)116(128-120)91-118-110(95(11)115(127-118)90-117(109)125-113)62-66-122(130)142-106-83-99(135-71-55-47-39-31-23-15-3)78-100(84-106)136-72-56-48-40-32-24-16-4/h61-62,65-66,77-92,126-127H,13-60,63-64,67-76H2,1-12H3/b65-61+,66-62+,113-89?,114-89?,115-90?,116-91?,117-90?,118-91?,119-92?,120-92?. The van der Waals surface area contributed by atoms with Crippen LogP contribution in [0.3, 0.4) is 0 Å². The summed E-state index contributed by atoms with van der Waals surface area (Å²) < 4.78 is 76.3. The Morgan fingerprint density at radius 1 is 0.250 bits per heavy atom. The summed E-state index contributed by atoms with van der Waals surface area (Å²) >= 11 is 0.